The van der Waals surface area contributed by atoms with Crippen molar-refractivity contribution in [2.75, 3.05) is 6.61 Å². The van der Waals surface area contributed by atoms with Crippen LogP contribution in [0.4, 0.5) is 0 Å². The number of benzene rings is 1. The van der Waals surface area contributed by atoms with Crippen LogP contribution >= 0.6 is 0 Å². The van der Waals surface area contributed by atoms with Gasteiger partial charge in [-0.1, -0.05) is 88.8 Å². The first kappa shape index (κ1) is 25.7. The van der Waals surface area contributed by atoms with Crippen LogP contribution in [-0.4, -0.2) is 36.5 Å². The molecule has 0 saturated carbocycles. The van der Waals surface area contributed by atoms with Gasteiger partial charge in [-0.05, 0) is 25.7 Å². The molecule has 3 heteroatoms. The molecule has 1 unspecified atom stereocenters. The normalized spacial score (nSPS) is 10.8. The summed E-state index contributed by atoms with van der Waals surface area (Å²) in [4.78, 5) is 11.4. The number of rotatable bonds is 10. The summed E-state index contributed by atoms with van der Waals surface area (Å²) in [5.74, 6) is 0.554. The van der Waals surface area contributed by atoms with Gasteiger partial charge in [-0.2, -0.15) is 0 Å². The third-order valence-electron chi connectivity index (χ3n) is 3.95. The van der Waals surface area contributed by atoms with Crippen LogP contribution in [0.2, 0.25) is 0 Å². The maximum atomic E-state index is 11.4. The quantitative estimate of drug-likeness (QED) is 0.256. The van der Waals surface area contributed by atoms with Crippen molar-refractivity contribution in [3.8, 4) is 0 Å². The Labute approximate surface area is 166 Å². The number of hydrogen-bond donors (Lipinski definition) is 0. The van der Waals surface area contributed by atoms with Crippen LogP contribution in [0.1, 0.15) is 77.7 Å². The molecule has 1 aromatic rings. The van der Waals surface area contributed by atoms with E-state index in [1.165, 1.54) is 24.8 Å². The topological polar surface area (TPSA) is 26.3 Å². The molecule has 2 radical (unpaired) electrons. The number of aryl methyl sites for hydroxylation is 1. The third-order valence-corrected chi connectivity index (χ3v) is 3.95. The molecule has 0 aliphatic heterocycles. The summed E-state index contributed by atoms with van der Waals surface area (Å²) < 4.78 is 5.30. The van der Waals surface area contributed by atoms with Crippen molar-refractivity contribution in [3.63, 3.8) is 0 Å². The van der Waals surface area contributed by atoms with Gasteiger partial charge in [0.05, 0.1) is 6.61 Å². The van der Waals surface area contributed by atoms with Crippen LogP contribution in [0, 0.1) is 12.8 Å². The average Bonchev–Trinajstić information content (AvgIpc) is 2.56. The van der Waals surface area contributed by atoms with Crippen molar-refractivity contribution < 1.29 is 9.53 Å². The van der Waals surface area contributed by atoms with Gasteiger partial charge in [0.1, 0.15) is 0 Å². The van der Waals surface area contributed by atoms with Crippen molar-refractivity contribution in [2.24, 2.45) is 5.92 Å². The van der Waals surface area contributed by atoms with Gasteiger partial charge in [0.25, 0.3) is 0 Å². The molecule has 0 fully saturated rings. The van der Waals surface area contributed by atoms with E-state index in [0.717, 1.165) is 25.7 Å². The summed E-state index contributed by atoms with van der Waals surface area (Å²) in [6, 6.07) is 10.3. The van der Waals surface area contributed by atoms with Crippen LogP contribution in [0.5, 0.6) is 0 Å². The molecule has 0 spiro atoms. The Hall–Kier alpha value is -0.511. The van der Waals surface area contributed by atoms with Gasteiger partial charge in [0.2, 0.25) is 0 Å². The molecule has 0 bridgehead atoms. The van der Waals surface area contributed by atoms with E-state index < -0.39 is 0 Å². The van der Waals surface area contributed by atoms with Gasteiger partial charge in [-0.15, -0.1) is 0 Å². The van der Waals surface area contributed by atoms with Crippen LogP contribution in [0.25, 0.3) is 0 Å². The van der Waals surface area contributed by atoms with Crippen LogP contribution in [0.3, 0.4) is 0 Å². The molecule has 1 aromatic carbocycles. The van der Waals surface area contributed by atoms with E-state index in [9.17, 15) is 4.79 Å². The van der Waals surface area contributed by atoms with E-state index in [2.05, 4.69) is 39.8 Å². The van der Waals surface area contributed by atoms with E-state index in [1.54, 1.807) is 0 Å². The van der Waals surface area contributed by atoms with E-state index >= 15 is 0 Å². The zero-order valence-corrected chi connectivity index (χ0v) is 19.0. The Morgan fingerprint density at radius 1 is 1.00 bits per heavy atom. The van der Waals surface area contributed by atoms with Crippen LogP contribution in [0.15, 0.2) is 30.3 Å². The van der Waals surface area contributed by atoms with Crippen molar-refractivity contribution in [1.82, 2.24) is 0 Å². The second-order valence-electron chi connectivity index (χ2n) is 6.21. The number of carbonyl (C=O) groups is 1. The minimum Gasteiger partial charge on any atom is -0.465 e. The Balaban J connectivity index is 0. The van der Waals surface area contributed by atoms with Gasteiger partial charge in [0.15, 0.2) is 0 Å². The van der Waals surface area contributed by atoms with E-state index in [-0.39, 0.29) is 29.9 Å². The second kappa shape index (κ2) is 18.8. The van der Waals surface area contributed by atoms with Crippen molar-refractivity contribution in [2.45, 2.75) is 79.1 Å². The molecule has 0 heterocycles. The monoisotopic (exact) mass is 440 g/mol. The van der Waals surface area contributed by atoms with Crippen molar-refractivity contribution in [1.29, 1.82) is 0 Å². The molecule has 0 saturated heterocycles. The first-order valence-corrected chi connectivity index (χ1v) is 9.31. The third kappa shape index (κ3) is 16.4. The van der Waals surface area contributed by atoms with Crippen molar-refractivity contribution in [3.05, 3.63) is 35.9 Å². The fourth-order valence-electron chi connectivity index (χ4n) is 2.23. The first-order valence-electron chi connectivity index (χ1n) is 9.31. The number of ether oxygens (including phenoxy) is 1. The molecule has 0 amide bonds. The molecular weight excluding hydrogens is 403 g/mol. The molecule has 2 nitrogen and oxygen atoms in total. The Morgan fingerprint density at radius 3 is 2.08 bits per heavy atom. The smallest absolute Gasteiger partial charge is 0.465 e. The number of carbonyl (C=O) groups excluding carboxylic acids is 1. The summed E-state index contributed by atoms with van der Waals surface area (Å²) in [7, 11) is 0. The number of hydrogen-bond acceptors (Lipinski definition) is 2. The Kier molecular flexibility index (Phi) is 20.2. The molecular formula is C21H36O2Sn+2. The van der Waals surface area contributed by atoms with Crippen LogP contribution in [-0.2, 0) is 9.53 Å². The predicted octanol–water partition coefficient (Wildman–Crippen LogP) is 5.94. The van der Waals surface area contributed by atoms with Gasteiger partial charge in [-0.3, -0.25) is 4.79 Å². The molecule has 0 aliphatic rings. The summed E-state index contributed by atoms with van der Waals surface area (Å²) in [6.45, 7) is 9.22. The number of esters is 1. The molecule has 1 rings (SSSR count). The summed E-state index contributed by atoms with van der Waals surface area (Å²) >= 11 is 0. The predicted molar refractivity (Wildman–Crippen MR) is 105 cm³/mol. The number of unbranched alkanes of at least 4 members (excludes halogenated alkanes) is 3. The fraction of sp³-hybridized carbons (Fsp3) is 0.667. The summed E-state index contributed by atoms with van der Waals surface area (Å²) in [5, 5.41) is 0. The standard InChI is InChI=1S/C14H28O2.C7H8.Sn/c1-4-7-9-11-14(15)16-12-13(6-3)10-8-5-2;1-7-5-3-2-4-6-7;/h13H,4-12H2,1-3H3;2-6H,1H3;/q;;+2. The zero-order valence-electron chi connectivity index (χ0n) is 16.1. The SMILES string of the molecule is CCCCCC(=O)OCC(CC)CCCC.Cc1ccccc1.[Sn+2]. The minimum absolute atomic E-state index is 0. The average molecular weight is 439 g/mol. The Morgan fingerprint density at radius 2 is 1.62 bits per heavy atom. The van der Waals surface area contributed by atoms with Crippen molar-refractivity contribution >= 4 is 29.9 Å². The molecule has 0 N–H and O–H groups in total. The largest absolute Gasteiger partial charge is 2.00 e. The second-order valence-corrected chi connectivity index (χ2v) is 6.21. The summed E-state index contributed by atoms with van der Waals surface area (Å²) in [6.07, 6.45) is 8.62. The molecule has 134 valence electrons. The van der Waals surface area contributed by atoms with Gasteiger partial charge in [0, 0.05) is 6.42 Å². The van der Waals surface area contributed by atoms with Gasteiger partial charge in [-0.25, -0.2) is 0 Å². The van der Waals surface area contributed by atoms with E-state index in [0.29, 0.717) is 18.9 Å². The maximum Gasteiger partial charge on any atom is 2.00 e. The van der Waals surface area contributed by atoms with Gasteiger partial charge < -0.3 is 4.74 Å². The van der Waals surface area contributed by atoms with E-state index in [1.807, 2.05) is 18.2 Å². The molecule has 0 aliphatic carbocycles. The maximum absolute atomic E-state index is 11.4. The molecule has 1 atom stereocenters. The first-order chi connectivity index (χ1) is 11.1. The molecule has 24 heavy (non-hydrogen) atoms. The van der Waals surface area contributed by atoms with Crippen LogP contribution < -0.4 is 0 Å². The zero-order chi connectivity index (χ0) is 17.3. The fourth-order valence-corrected chi connectivity index (χ4v) is 2.23. The van der Waals surface area contributed by atoms with Gasteiger partial charge >= 0.3 is 29.9 Å². The molecule has 0 aromatic heterocycles. The van der Waals surface area contributed by atoms with E-state index in [4.69, 9.17) is 4.74 Å². The Bertz CT molecular complexity index is 379. The minimum atomic E-state index is -0.0107. The summed E-state index contributed by atoms with van der Waals surface area (Å²) in [5.41, 5.74) is 1.32.